The average molecular weight is 323 g/mol. The topological polar surface area (TPSA) is 73.5 Å². The number of nitrogens with zero attached hydrogens (tertiary/aromatic N) is 1. The van der Waals surface area contributed by atoms with E-state index in [0.717, 1.165) is 24.0 Å². The Kier molecular flexibility index (Phi) is 3.52. The number of fused-ring (bicyclic) bond motifs is 5. The second-order valence-corrected chi connectivity index (χ2v) is 7.05. The number of methoxy groups -OCH3 is 1. The number of aryl methyl sites for hydroxylation is 1. The lowest BCUT2D eigenvalue weighted by Crippen LogP contribution is -2.44. The van der Waals surface area contributed by atoms with Crippen LogP contribution in [0.2, 0.25) is 0 Å². The highest BCUT2D eigenvalue weighted by molar-refractivity contribution is 5.88. The molecule has 4 unspecified atom stereocenters. The van der Waals surface area contributed by atoms with E-state index in [9.17, 15) is 10.2 Å². The molecule has 0 radical (unpaired) electrons. The number of aliphatic hydroxyl groups is 2. The summed E-state index contributed by atoms with van der Waals surface area (Å²) in [5, 5.41) is 32.7. The maximum atomic E-state index is 10.9. The highest BCUT2D eigenvalue weighted by Crippen LogP contribution is 2.54. The Hall–Kier alpha value is -2.09. The lowest BCUT2D eigenvalue weighted by Gasteiger charge is -2.36. The molecule has 2 N–H and O–H groups in total. The number of nitriles is 1. The lowest BCUT2D eigenvalue weighted by atomic mass is 9.71. The molecule has 0 spiro atoms. The standard InChI is InChI=1S/C20H21NO3/c1-24-13-3-5-14-12(10-13)2-4-16-15(14)6-7-18-17(16)11-19(22)20(18,23)8-9-21/h2-5,10,17-19,22-23H,6-8,11H2,1H3. The SMILES string of the molecule is COc1ccc2c3c(ccc2c1)C1CC(O)C(O)(CC#N)C1CC3. The number of rotatable bonds is 2. The summed E-state index contributed by atoms with van der Waals surface area (Å²) >= 11 is 0. The fourth-order valence-electron chi connectivity index (χ4n) is 4.82. The van der Waals surface area contributed by atoms with Crippen LogP contribution < -0.4 is 4.74 Å². The maximum absolute atomic E-state index is 10.9. The minimum absolute atomic E-state index is 0.00452. The first kappa shape index (κ1) is 15.4. The van der Waals surface area contributed by atoms with Gasteiger partial charge >= 0.3 is 0 Å². The second kappa shape index (κ2) is 5.47. The molecule has 2 aromatic rings. The molecule has 0 aliphatic heterocycles. The van der Waals surface area contributed by atoms with Gasteiger partial charge in [-0.25, -0.2) is 0 Å². The number of hydrogen-bond donors (Lipinski definition) is 2. The van der Waals surface area contributed by atoms with Crippen LogP contribution in [0.1, 0.15) is 36.3 Å². The minimum Gasteiger partial charge on any atom is -0.497 e. The number of aliphatic hydroxyl groups excluding tert-OH is 1. The van der Waals surface area contributed by atoms with Crippen LogP contribution in [0.25, 0.3) is 10.8 Å². The van der Waals surface area contributed by atoms with Crippen LogP contribution in [0, 0.1) is 17.2 Å². The molecular weight excluding hydrogens is 302 g/mol. The molecule has 0 heterocycles. The largest absolute Gasteiger partial charge is 0.497 e. The van der Waals surface area contributed by atoms with Gasteiger partial charge in [-0.1, -0.05) is 18.2 Å². The zero-order valence-corrected chi connectivity index (χ0v) is 13.7. The Balaban J connectivity index is 1.81. The summed E-state index contributed by atoms with van der Waals surface area (Å²) in [4.78, 5) is 0. The van der Waals surface area contributed by atoms with Crippen LogP contribution in [0.5, 0.6) is 5.75 Å². The van der Waals surface area contributed by atoms with Gasteiger partial charge in [0.15, 0.2) is 0 Å². The van der Waals surface area contributed by atoms with Crippen LogP contribution in [0.15, 0.2) is 30.3 Å². The molecule has 24 heavy (non-hydrogen) atoms. The molecule has 2 aliphatic carbocycles. The molecular formula is C20H21NO3. The van der Waals surface area contributed by atoms with E-state index < -0.39 is 11.7 Å². The molecule has 4 atom stereocenters. The van der Waals surface area contributed by atoms with Gasteiger partial charge in [0.25, 0.3) is 0 Å². The van der Waals surface area contributed by atoms with E-state index >= 15 is 0 Å². The van der Waals surface area contributed by atoms with Crippen molar-refractivity contribution in [2.24, 2.45) is 5.92 Å². The third-order valence-electron chi connectivity index (χ3n) is 6.02. The Bertz CT molecular complexity index is 841. The maximum Gasteiger partial charge on any atom is 0.119 e. The molecule has 0 saturated heterocycles. The smallest absolute Gasteiger partial charge is 0.119 e. The monoisotopic (exact) mass is 323 g/mol. The van der Waals surface area contributed by atoms with Crippen molar-refractivity contribution in [1.82, 2.24) is 0 Å². The third-order valence-corrected chi connectivity index (χ3v) is 6.02. The second-order valence-electron chi connectivity index (χ2n) is 7.05. The molecule has 4 nitrogen and oxygen atoms in total. The highest BCUT2D eigenvalue weighted by atomic mass is 16.5. The zero-order chi connectivity index (χ0) is 16.9. The summed E-state index contributed by atoms with van der Waals surface area (Å²) in [5.41, 5.74) is 1.26. The van der Waals surface area contributed by atoms with Crippen molar-refractivity contribution in [1.29, 1.82) is 5.26 Å². The van der Waals surface area contributed by atoms with E-state index in [1.54, 1.807) is 7.11 Å². The third kappa shape index (κ3) is 2.05. The predicted molar refractivity (Wildman–Crippen MR) is 90.9 cm³/mol. The number of ether oxygens (including phenoxy) is 1. The summed E-state index contributed by atoms with van der Waals surface area (Å²) < 4.78 is 5.31. The molecule has 2 aliphatic rings. The van der Waals surface area contributed by atoms with Crippen LogP contribution in [0.4, 0.5) is 0 Å². The van der Waals surface area contributed by atoms with Gasteiger partial charge in [-0.2, -0.15) is 5.26 Å². The van der Waals surface area contributed by atoms with E-state index in [4.69, 9.17) is 10.00 Å². The van der Waals surface area contributed by atoms with Gasteiger partial charge in [-0.05, 0) is 65.1 Å². The fourth-order valence-corrected chi connectivity index (χ4v) is 4.82. The Labute approximate surface area is 141 Å². The normalized spacial score (nSPS) is 31.3. The van der Waals surface area contributed by atoms with Gasteiger partial charge < -0.3 is 14.9 Å². The van der Waals surface area contributed by atoms with Gasteiger partial charge in [0.2, 0.25) is 0 Å². The van der Waals surface area contributed by atoms with E-state index in [1.807, 2.05) is 12.1 Å². The molecule has 124 valence electrons. The first-order chi connectivity index (χ1) is 11.6. The van der Waals surface area contributed by atoms with E-state index in [2.05, 4.69) is 24.3 Å². The molecule has 1 saturated carbocycles. The molecule has 4 rings (SSSR count). The van der Waals surface area contributed by atoms with E-state index in [0.29, 0.717) is 6.42 Å². The van der Waals surface area contributed by atoms with E-state index in [-0.39, 0.29) is 18.3 Å². The molecule has 2 aromatic carbocycles. The van der Waals surface area contributed by atoms with Gasteiger partial charge in [0.1, 0.15) is 11.4 Å². The van der Waals surface area contributed by atoms with Crippen molar-refractivity contribution in [3.63, 3.8) is 0 Å². The van der Waals surface area contributed by atoms with Crippen molar-refractivity contribution < 1.29 is 14.9 Å². The van der Waals surface area contributed by atoms with Crippen molar-refractivity contribution in [2.75, 3.05) is 7.11 Å². The van der Waals surface area contributed by atoms with Crippen molar-refractivity contribution in [3.8, 4) is 11.8 Å². The zero-order valence-electron chi connectivity index (χ0n) is 13.7. The predicted octanol–water partition coefficient (Wildman–Crippen LogP) is 2.90. The molecule has 0 amide bonds. The Morgan fingerprint density at radius 3 is 2.92 bits per heavy atom. The van der Waals surface area contributed by atoms with Crippen LogP contribution in [0.3, 0.4) is 0 Å². The average Bonchev–Trinajstić information content (AvgIpc) is 2.85. The van der Waals surface area contributed by atoms with Gasteiger partial charge in [0, 0.05) is 0 Å². The highest BCUT2D eigenvalue weighted by Gasteiger charge is 2.55. The number of benzene rings is 2. The lowest BCUT2D eigenvalue weighted by molar-refractivity contribution is -0.0803. The fraction of sp³-hybridized carbons (Fsp3) is 0.450. The van der Waals surface area contributed by atoms with Crippen molar-refractivity contribution in [3.05, 3.63) is 41.5 Å². The molecule has 0 bridgehead atoms. The quantitative estimate of drug-likeness (QED) is 0.891. The first-order valence-electron chi connectivity index (χ1n) is 8.45. The summed E-state index contributed by atoms with van der Waals surface area (Å²) in [6.07, 6.45) is 1.36. The van der Waals surface area contributed by atoms with Gasteiger partial charge in [-0.15, -0.1) is 0 Å². The summed E-state index contributed by atoms with van der Waals surface area (Å²) in [5.74, 6) is 0.916. The molecule has 4 heteroatoms. The first-order valence-corrected chi connectivity index (χ1v) is 8.45. The van der Waals surface area contributed by atoms with Gasteiger partial charge in [-0.3, -0.25) is 0 Å². The van der Waals surface area contributed by atoms with E-state index in [1.165, 1.54) is 16.5 Å². The van der Waals surface area contributed by atoms with Gasteiger partial charge in [0.05, 0.1) is 25.7 Å². The van der Waals surface area contributed by atoms with Crippen molar-refractivity contribution >= 4 is 10.8 Å². The molecule has 1 fully saturated rings. The number of hydrogen-bond acceptors (Lipinski definition) is 4. The summed E-state index contributed by atoms with van der Waals surface area (Å²) in [6.45, 7) is 0. The van der Waals surface area contributed by atoms with Crippen LogP contribution >= 0.6 is 0 Å². The minimum atomic E-state index is -1.27. The summed E-state index contributed by atoms with van der Waals surface area (Å²) in [7, 11) is 1.67. The molecule has 0 aromatic heterocycles. The van der Waals surface area contributed by atoms with Crippen LogP contribution in [-0.4, -0.2) is 29.0 Å². The Morgan fingerprint density at radius 1 is 1.33 bits per heavy atom. The van der Waals surface area contributed by atoms with Crippen LogP contribution in [-0.2, 0) is 6.42 Å². The van der Waals surface area contributed by atoms with Crippen molar-refractivity contribution in [2.45, 2.75) is 43.3 Å². The Morgan fingerprint density at radius 2 is 2.17 bits per heavy atom. The summed E-state index contributed by atoms with van der Waals surface area (Å²) in [6, 6.07) is 12.4.